The highest BCUT2D eigenvalue weighted by Gasteiger charge is 2.32. The lowest BCUT2D eigenvalue weighted by atomic mass is 9.97. The lowest BCUT2D eigenvalue weighted by molar-refractivity contribution is -0.383. The van der Waals surface area contributed by atoms with Gasteiger partial charge in [0.1, 0.15) is 11.4 Å². The number of nitrogens with two attached hydrogens (primary N) is 1. The van der Waals surface area contributed by atoms with Crippen molar-refractivity contribution < 1.29 is 4.92 Å². The number of hydrogen-bond donors (Lipinski definition) is 3. The molecule has 0 spiro atoms. The molecule has 4 N–H and O–H groups in total. The highest BCUT2D eigenvalue weighted by molar-refractivity contribution is 5.76. The van der Waals surface area contributed by atoms with Crippen LogP contribution in [0.2, 0.25) is 0 Å². The van der Waals surface area contributed by atoms with E-state index in [2.05, 4.69) is 15.6 Å². The van der Waals surface area contributed by atoms with Crippen LogP contribution in [-0.4, -0.2) is 35.0 Å². The number of nitrogens with one attached hydrogen (secondary N) is 2. The third kappa shape index (κ3) is 2.79. The average molecular weight is 291 g/mol. The van der Waals surface area contributed by atoms with E-state index in [4.69, 9.17) is 5.84 Å². The second kappa shape index (κ2) is 5.87. The van der Waals surface area contributed by atoms with Crippen molar-refractivity contribution in [1.82, 2.24) is 4.90 Å². The summed E-state index contributed by atoms with van der Waals surface area (Å²) in [5, 5.41) is 14.6. The minimum atomic E-state index is -0.387. The Morgan fingerprint density at radius 3 is 2.86 bits per heavy atom. The lowest BCUT2D eigenvalue weighted by Crippen LogP contribution is -2.42. The van der Waals surface area contributed by atoms with Crippen molar-refractivity contribution >= 4 is 17.1 Å². The van der Waals surface area contributed by atoms with Gasteiger partial charge in [0.2, 0.25) is 0 Å². The predicted octanol–water partition coefficient (Wildman–Crippen LogP) is 1.92. The number of rotatable bonds is 4. The number of hydrogen-bond acceptors (Lipinski definition) is 6. The fraction of sp³-hybridized carbons (Fsp3) is 0.571. The molecule has 2 aliphatic heterocycles. The second-order valence-corrected chi connectivity index (χ2v) is 5.80. The van der Waals surface area contributed by atoms with Gasteiger partial charge in [0.15, 0.2) is 0 Å². The summed E-state index contributed by atoms with van der Waals surface area (Å²) in [7, 11) is 0. The number of nitro groups is 1. The Bertz CT molecular complexity index is 536. The van der Waals surface area contributed by atoms with Gasteiger partial charge in [-0.15, -0.1) is 0 Å². The first-order valence-electron chi connectivity index (χ1n) is 7.43. The van der Waals surface area contributed by atoms with Gasteiger partial charge in [-0.25, -0.2) is 0 Å². The van der Waals surface area contributed by atoms with E-state index >= 15 is 0 Å². The number of nitrogen functional groups attached to an aromatic ring is 1. The summed E-state index contributed by atoms with van der Waals surface area (Å²) in [5.74, 6) is 5.37. The van der Waals surface area contributed by atoms with Crippen LogP contribution in [-0.2, 0) is 0 Å². The van der Waals surface area contributed by atoms with Crippen LogP contribution in [0.25, 0.3) is 0 Å². The quantitative estimate of drug-likeness (QED) is 0.445. The van der Waals surface area contributed by atoms with Crippen LogP contribution < -0.4 is 16.6 Å². The molecule has 0 aliphatic carbocycles. The molecule has 2 unspecified atom stereocenters. The van der Waals surface area contributed by atoms with Crippen molar-refractivity contribution in [2.45, 2.75) is 37.8 Å². The Hall–Kier alpha value is -1.86. The molecule has 114 valence electrons. The van der Waals surface area contributed by atoms with E-state index in [0.29, 0.717) is 17.4 Å². The summed E-state index contributed by atoms with van der Waals surface area (Å²) in [4.78, 5) is 13.4. The first kappa shape index (κ1) is 14.1. The van der Waals surface area contributed by atoms with Crippen molar-refractivity contribution in [3.05, 3.63) is 28.3 Å². The number of benzene rings is 1. The Morgan fingerprint density at radius 2 is 2.10 bits per heavy atom. The van der Waals surface area contributed by atoms with Crippen LogP contribution in [0.3, 0.4) is 0 Å². The summed E-state index contributed by atoms with van der Waals surface area (Å²) in [6, 6.07) is 6.06. The third-order valence-corrected chi connectivity index (χ3v) is 4.55. The maximum Gasteiger partial charge on any atom is 0.316 e. The topological polar surface area (TPSA) is 96.5 Å². The monoisotopic (exact) mass is 291 g/mol. The zero-order valence-corrected chi connectivity index (χ0v) is 11.9. The number of para-hydroxylation sites is 1. The molecule has 2 heterocycles. The Kier molecular flexibility index (Phi) is 3.94. The maximum atomic E-state index is 11.3. The van der Waals surface area contributed by atoms with Crippen molar-refractivity contribution in [2.75, 3.05) is 23.8 Å². The minimum Gasteiger partial charge on any atom is -0.377 e. The summed E-state index contributed by atoms with van der Waals surface area (Å²) in [6.07, 6.45) is 4.58. The fourth-order valence-corrected chi connectivity index (χ4v) is 3.55. The van der Waals surface area contributed by atoms with Crippen LogP contribution >= 0.6 is 0 Å². The van der Waals surface area contributed by atoms with Gasteiger partial charge < -0.3 is 15.6 Å². The normalized spacial score (nSPS) is 25.4. The van der Waals surface area contributed by atoms with Crippen LogP contribution in [0.1, 0.15) is 25.7 Å². The standard InChI is InChI=1S/C14H21N5O2/c15-17-13-5-1-4-12(14(13)19(20)21)16-10-6-8-18-7-2-3-11(18)9-10/h1,4-5,10-11,16-17H,2-3,6-9,15H2. The van der Waals surface area contributed by atoms with E-state index in [1.165, 1.54) is 19.4 Å². The van der Waals surface area contributed by atoms with E-state index < -0.39 is 0 Å². The molecule has 7 nitrogen and oxygen atoms in total. The molecule has 2 aliphatic rings. The highest BCUT2D eigenvalue weighted by Crippen LogP contribution is 2.35. The Balaban J connectivity index is 1.77. The van der Waals surface area contributed by atoms with Gasteiger partial charge in [0, 0.05) is 18.6 Å². The average Bonchev–Trinajstić information content (AvgIpc) is 2.94. The highest BCUT2D eigenvalue weighted by atomic mass is 16.6. The van der Waals surface area contributed by atoms with Gasteiger partial charge in [-0.3, -0.25) is 16.0 Å². The third-order valence-electron chi connectivity index (χ3n) is 4.55. The first-order valence-corrected chi connectivity index (χ1v) is 7.43. The molecule has 2 atom stereocenters. The number of fused-ring (bicyclic) bond motifs is 1. The molecule has 0 saturated carbocycles. The summed E-state index contributed by atoms with van der Waals surface area (Å²) in [5.41, 5.74) is 3.31. The molecule has 3 rings (SSSR count). The van der Waals surface area contributed by atoms with Gasteiger partial charge in [-0.05, 0) is 44.4 Å². The van der Waals surface area contributed by atoms with Crippen molar-refractivity contribution in [3.8, 4) is 0 Å². The van der Waals surface area contributed by atoms with E-state index in [0.717, 1.165) is 19.4 Å². The molecule has 1 aromatic carbocycles. The van der Waals surface area contributed by atoms with Crippen LogP contribution in [0, 0.1) is 10.1 Å². The summed E-state index contributed by atoms with van der Waals surface area (Å²) >= 11 is 0. The molecule has 21 heavy (non-hydrogen) atoms. The molecule has 0 aromatic heterocycles. The van der Waals surface area contributed by atoms with Crippen molar-refractivity contribution in [1.29, 1.82) is 0 Å². The SMILES string of the molecule is NNc1cccc(NC2CCN3CCCC3C2)c1[N+](=O)[O-]. The summed E-state index contributed by atoms with van der Waals surface area (Å²) in [6.45, 7) is 2.27. The van der Waals surface area contributed by atoms with Gasteiger partial charge in [-0.1, -0.05) is 6.07 Å². The number of anilines is 2. The number of piperidine rings is 1. The van der Waals surface area contributed by atoms with Crippen LogP contribution in [0.15, 0.2) is 18.2 Å². The lowest BCUT2D eigenvalue weighted by Gasteiger charge is -2.35. The van der Waals surface area contributed by atoms with Crippen LogP contribution in [0.5, 0.6) is 0 Å². The van der Waals surface area contributed by atoms with E-state index in [1.807, 2.05) is 0 Å². The molecular formula is C14H21N5O2. The molecular weight excluding hydrogens is 270 g/mol. The van der Waals surface area contributed by atoms with Gasteiger partial charge >= 0.3 is 5.69 Å². The zero-order chi connectivity index (χ0) is 14.8. The van der Waals surface area contributed by atoms with Gasteiger partial charge in [0.05, 0.1) is 4.92 Å². The molecule has 0 amide bonds. The van der Waals surface area contributed by atoms with E-state index in [-0.39, 0.29) is 16.7 Å². The second-order valence-electron chi connectivity index (χ2n) is 5.80. The number of nitro benzene ring substituents is 1. The number of hydrazine groups is 1. The van der Waals surface area contributed by atoms with Gasteiger partial charge in [0.25, 0.3) is 0 Å². The van der Waals surface area contributed by atoms with E-state index in [9.17, 15) is 10.1 Å². The Labute approximate surface area is 123 Å². The maximum absolute atomic E-state index is 11.3. The van der Waals surface area contributed by atoms with E-state index in [1.54, 1.807) is 18.2 Å². The minimum absolute atomic E-state index is 0.0221. The molecule has 7 heteroatoms. The van der Waals surface area contributed by atoms with Gasteiger partial charge in [-0.2, -0.15) is 0 Å². The van der Waals surface area contributed by atoms with Crippen LogP contribution in [0.4, 0.5) is 17.1 Å². The smallest absolute Gasteiger partial charge is 0.316 e. The molecule has 0 bridgehead atoms. The van der Waals surface area contributed by atoms with Crippen molar-refractivity contribution in [3.63, 3.8) is 0 Å². The Morgan fingerprint density at radius 1 is 1.29 bits per heavy atom. The molecule has 2 fully saturated rings. The van der Waals surface area contributed by atoms with Crippen molar-refractivity contribution in [2.24, 2.45) is 5.84 Å². The fourth-order valence-electron chi connectivity index (χ4n) is 3.55. The predicted molar refractivity (Wildman–Crippen MR) is 82.1 cm³/mol. The molecule has 1 aromatic rings. The molecule has 0 radical (unpaired) electrons. The first-order chi connectivity index (χ1) is 10.2. The summed E-state index contributed by atoms with van der Waals surface area (Å²) < 4.78 is 0. The number of nitrogens with zero attached hydrogens (tertiary/aromatic N) is 2. The zero-order valence-electron chi connectivity index (χ0n) is 11.9. The molecule has 2 saturated heterocycles. The largest absolute Gasteiger partial charge is 0.377 e.